The Balaban J connectivity index is 2.02. The van der Waals surface area contributed by atoms with E-state index in [1.807, 2.05) is 6.92 Å². The molecule has 2 heterocycles. The highest BCUT2D eigenvalue weighted by molar-refractivity contribution is 5.39. The van der Waals surface area contributed by atoms with Crippen molar-refractivity contribution in [3.63, 3.8) is 0 Å². The first-order valence-electron chi connectivity index (χ1n) is 6.97. The van der Waals surface area contributed by atoms with Crippen molar-refractivity contribution in [2.45, 2.75) is 39.7 Å². The Hall–Kier alpha value is -1.16. The molecule has 0 amide bonds. The van der Waals surface area contributed by atoms with E-state index in [2.05, 4.69) is 40.1 Å². The predicted octanol–water partition coefficient (Wildman–Crippen LogP) is 2.00. The van der Waals surface area contributed by atoms with Gasteiger partial charge in [0.05, 0.1) is 0 Å². The van der Waals surface area contributed by atoms with Gasteiger partial charge in [-0.1, -0.05) is 6.92 Å². The van der Waals surface area contributed by atoms with Crippen molar-refractivity contribution in [1.29, 1.82) is 0 Å². The van der Waals surface area contributed by atoms with Crippen LogP contribution in [-0.4, -0.2) is 35.6 Å². The summed E-state index contributed by atoms with van der Waals surface area (Å²) in [5.41, 5.74) is 1.04. The van der Waals surface area contributed by atoms with E-state index in [1.165, 1.54) is 12.8 Å². The van der Waals surface area contributed by atoms with Crippen molar-refractivity contribution in [2.75, 3.05) is 24.5 Å². The topological polar surface area (TPSA) is 41.0 Å². The van der Waals surface area contributed by atoms with Crippen LogP contribution in [0.1, 0.15) is 32.4 Å². The van der Waals surface area contributed by atoms with Gasteiger partial charge in [0.25, 0.3) is 0 Å². The molecule has 2 unspecified atom stereocenters. The monoisotopic (exact) mass is 248 g/mol. The van der Waals surface area contributed by atoms with Crippen LogP contribution in [0.2, 0.25) is 0 Å². The van der Waals surface area contributed by atoms with Crippen molar-refractivity contribution in [2.24, 2.45) is 5.92 Å². The Labute approximate surface area is 110 Å². The molecule has 2 rings (SSSR count). The number of anilines is 1. The van der Waals surface area contributed by atoms with Crippen LogP contribution in [-0.2, 0) is 0 Å². The highest BCUT2D eigenvalue weighted by Crippen LogP contribution is 2.23. The fourth-order valence-electron chi connectivity index (χ4n) is 2.73. The van der Waals surface area contributed by atoms with E-state index in [0.29, 0.717) is 12.0 Å². The van der Waals surface area contributed by atoms with Gasteiger partial charge < -0.3 is 10.2 Å². The molecule has 4 heteroatoms. The zero-order valence-electron chi connectivity index (χ0n) is 11.7. The molecule has 1 aliphatic heterocycles. The molecular weight excluding hydrogens is 224 g/mol. The molecule has 1 aromatic heterocycles. The molecule has 0 aromatic carbocycles. The number of rotatable bonds is 4. The minimum absolute atomic E-state index is 0.584. The van der Waals surface area contributed by atoms with Crippen LogP contribution in [0.4, 0.5) is 5.82 Å². The standard InChI is InChI=1S/C14H24N4/c1-4-15-12(3)13-6-5-7-18(9-13)14-8-11(2)16-10-17-14/h8,10,12-13,15H,4-7,9H2,1-3H3. The van der Waals surface area contributed by atoms with Gasteiger partial charge in [-0.05, 0) is 39.2 Å². The van der Waals surface area contributed by atoms with Crippen molar-refractivity contribution in [3.05, 3.63) is 18.1 Å². The number of hydrogen-bond acceptors (Lipinski definition) is 4. The molecule has 2 atom stereocenters. The Bertz CT molecular complexity index is 380. The van der Waals surface area contributed by atoms with Crippen LogP contribution in [0.5, 0.6) is 0 Å². The molecule has 1 aromatic rings. The maximum Gasteiger partial charge on any atom is 0.132 e. The number of aromatic nitrogens is 2. The molecular formula is C14H24N4. The van der Waals surface area contributed by atoms with E-state index in [1.54, 1.807) is 6.33 Å². The lowest BCUT2D eigenvalue weighted by molar-refractivity contribution is 0.323. The normalized spacial score (nSPS) is 21.9. The maximum atomic E-state index is 4.40. The third-order valence-corrected chi connectivity index (χ3v) is 3.80. The molecule has 0 radical (unpaired) electrons. The molecule has 100 valence electrons. The fraction of sp³-hybridized carbons (Fsp3) is 0.714. The summed E-state index contributed by atoms with van der Waals surface area (Å²) in [5.74, 6) is 1.80. The van der Waals surface area contributed by atoms with E-state index in [4.69, 9.17) is 0 Å². The van der Waals surface area contributed by atoms with Crippen molar-refractivity contribution in [3.8, 4) is 0 Å². The molecule has 1 aliphatic rings. The van der Waals surface area contributed by atoms with Crippen LogP contribution in [0.25, 0.3) is 0 Å². The molecule has 1 saturated heterocycles. The van der Waals surface area contributed by atoms with Gasteiger partial charge in [0.1, 0.15) is 12.1 Å². The SMILES string of the molecule is CCNC(C)C1CCCN(c2cc(C)ncn2)C1. The Kier molecular flexibility index (Phi) is 4.53. The first-order chi connectivity index (χ1) is 8.70. The fourth-order valence-corrected chi connectivity index (χ4v) is 2.73. The highest BCUT2D eigenvalue weighted by atomic mass is 15.2. The molecule has 1 N–H and O–H groups in total. The highest BCUT2D eigenvalue weighted by Gasteiger charge is 2.24. The van der Waals surface area contributed by atoms with Gasteiger partial charge in [-0.25, -0.2) is 9.97 Å². The van der Waals surface area contributed by atoms with E-state index < -0.39 is 0 Å². The van der Waals surface area contributed by atoms with Gasteiger partial charge in [0, 0.05) is 30.9 Å². The van der Waals surface area contributed by atoms with Crippen molar-refractivity contribution >= 4 is 5.82 Å². The van der Waals surface area contributed by atoms with Crippen LogP contribution >= 0.6 is 0 Å². The summed E-state index contributed by atoms with van der Waals surface area (Å²) >= 11 is 0. The van der Waals surface area contributed by atoms with Crippen LogP contribution in [0.3, 0.4) is 0 Å². The van der Waals surface area contributed by atoms with E-state index in [-0.39, 0.29) is 0 Å². The predicted molar refractivity (Wildman–Crippen MR) is 74.8 cm³/mol. The van der Waals surface area contributed by atoms with E-state index >= 15 is 0 Å². The number of nitrogens with one attached hydrogen (secondary N) is 1. The van der Waals surface area contributed by atoms with Gasteiger partial charge in [0.15, 0.2) is 0 Å². The minimum Gasteiger partial charge on any atom is -0.356 e. The van der Waals surface area contributed by atoms with Crippen LogP contribution in [0.15, 0.2) is 12.4 Å². The van der Waals surface area contributed by atoms with Gasteiger partial charge in [-0.3, -0.25) is 0 Å². The van der Waals surface area contributed by atoms with Gasteiger partial charge >= 0.3 is 0 Å². The molecule has 18 heavy (non-hydrogen) atoms. The molecule has 1 fully saturated rings. The second kappa shape index (κ2) is 6.14. The first-order valence-corrected chi connectivity index (χ1v) is 6.97. The zero-order chi connectivity index (χ0) is 13.0. The number of aryl methyl sites for hydroxylation is 1. The van der Waals surface area contributed by atoms with Gasteiger partial charge in [0.2, 0.25) is 0 Å². The summed E-state index contributed by atoms with van der Waals surface area (Å²) in [5, 5.41) is 3.54. The third-order valence-electron chi connectivity index (χ3n) is 3.80. The summed E-state index contributed by atoms with van der Waals surface area (Å²) in [6.45, 7) is 9.75. The molecule has 0 spiro atoms. The second-order valence-electron chi connectivity index (χ2n) is 5.21. The quantitative estimate of drug-likeness (QED) is 0.885. The summed E-state index contributed by atoms with van der Waals surface area (Å²) in [4.78, 5) is 11.0. The van der Waals surface area contributed by atoms with E-state index in [9.17, 15) is 0 Å². The number of hydrogen-bond donors (Lipinski definition) is 1. The molecule has 0 saturated carbocycles. The zero-order valence-corrected chi connectivity index (χ0v) is 11.7. The first kappa shape index (κ1) is 13.3. The molecule has 0 bridgehead atoms. The van der Waals surface area contributed by atoms with Crippen LogP contribution < -0.4 is 10.2 Å². The second-order valence-corrected chi connectivity index (χ2v) is 5.21. The van der Waals surface area contributed by atoms with Gasteiger partial charge in [-0.15, -0.1) is 0 Å². The lowest BCUT2D eigenvalue weighted by Crippen LogP contribution is -2.44. The smallest absolute Gasteiger partial charge is 0.132 e. The van der Waals surface area contributed by atoms with E-state index in [0.717, 1.165) is 31.1 Å². The van der Waals surface area contributed by atoms with Crippen LogP contribution in [0, 0.1) is 12.8 Å². The Morgan fingerprint density at radius 1 is 1.50 bits per heavy atom. The number of nitrogens with zero attached hydrogens (tertiary/aromatic N) is 3. The van der Waals surface area contributed by atoms with Crippen molar-refractivity contribution in [1.82, 2.24) is 15.3 Å². The Morgan fingerprint density at radius 3 is 3.06 bits per heavy atom. The summed E-state index contributed by atoms with van der Waals surface area (Å²) in [7, 11) is 0. The average Bonchev–Trinajstić information content (AvgIpc) is 2.39. The minimum atomic E-state index is 0.584. The third kappa shape index (κ3) is 3.19. The maximum absolute atomic E-state index is 4.40. The Morgan fingerprint density at radius 2 is 2.33 bits per heavy atom. The number of piperidine rings is 1. The lowest BCUT2D eigenvalue weighted by Gasteiger charge is -2.36. The molecule has 0 aliphatic carbocycles. The summed E-state index contributed by atoms with van der Waals surface area (Å²) in [6.07, 6.45) is 4.24. The average molecular weight is 248 g/mol. The molecule has 4 nitrogen and oxygen atoms in total. The van der Waals surface area contributed by atoms with Gasteiger partial charge in [-0.2, -0.15) is 0 Å². The summed E-state index contributed by atoms with van der Waals surface area (Å²) in [6, 6.07) is 2.67. The van der Waals surface area contributed by atoms with Crippen molar-refractivity contribution < 1.29 is 0 Å². The lowest BCUT2D eigenvalue weighted by atomic mass is 9.91. The largest absolute Gasteiger partial charge is 0.356 e. The summed E-state index contributed by atoms with van der Waals surface area (Å²) < 4.78 is 0.